The molecule has 1 heterocycles. The molecule has 1 saturated carbocycles. The first-order valence-electron chi connectivity index (χ1n) is 7.28. The van der Waals surface area contributed by atoms with Gasteiger partial charge in [-0.05, 0) is 37.0 Å². The van der Waals surface area contributed by atoms with Crippen molar-refractivity contribution >= 4 is 23.2 Å². The van der Waals surface area contributed by atoms with Gasteiger partial charge in [0.15, 0.2) is 0 Å². The summed E-state index contributed by atoms with van der Waals surface area (Å²) < 4.78 is 1.69. The fraction of sp³-hybridized carbons (Fsp3) is 0.400. The van der Waals surface area contributed by atoms with E-state index in [-0.39, 0.29) is 5.91 Å². The number of carbonyl (C=O) groups excluding carboxylic acids is 1. The molecule has 116 valence electrons. The van der Waals surface area contributed by atoms with Crippen molar-refractivity contribution < 1.29 is 4.79 Å². The smallest absolute Gasteiger partial charge is 0.253 e. The van der Waals surface area contributed by atoms with Gasteiger partial charge in [-0.2, -0.15) is 5.10 Å². The monoisotopic (exact) mass is 319 g/mol. The number of carbonyl (C=O) groups is 1. The zero-order valence-corrected chi connectivity index (χ0v) is 13.1. The number of anilines is 1. The molecule has 1 aliphatic rings. The minimum Gasteiger partial charge on any atom is -0.377 e. The van der Waals surface area contributed by atoms with Gasteiger partial charge in [-0.15, -0.1) is 0 Å². The highest BCUT2D eigenvalue weighted by Gasteiger charge is 2.22. The Kier molecular flexibility index (Phi) is 4.29. The first-order valence-corrected chi connectivity index (χ1v) is 7.66. The van der Waals surface area contributed by atoms with E-state index in [1.165, 1.54) is 19.2 Å². The maximum atomic E-state index is 12.3. The minimum absolute atomic E-state index is 0.102. The van der Waals surface area contributed by atoms with Crippen LogP contribution in [0.1, 0.15) is 29.0 Å². The number of halogens is 1. The van der Waals surface area contributed by atoms with E-state index in [1.807, 2.05) is 13.1 Å². The molecule has 7 heteroatoms. The molecule has 3 rings (SSSR count). The molecule has 0 atom stereocenters. The lowest BCUT2D eigenvalue weighted by atomic mass is 10.1. The predicted octanol–water partition coefficient (Wildman–Crippen LogP) is 2.22. The topological polar surface area (TPSA) is 71.8 Å². The Morgan fingerprint density at radius 1 is 1.45 bits per heavy atom. The van der Waals surface area contributed by atoms with Crippen molar-refractivity contribution in [1.82, 2.24) is 20.1 Å². The standard InChI is InChI=1S/C15H18ClN5O/c1-21-14(19-9-20-21)8-17-13-5-4-11(16)6-12(13)15(22)18-7-10-2-3-10/h4-6,9-10,17H,2-3,7-8H2,1H3,(H,18,22). The van der Waals surface area contributed by atoms with Gasteiger partial charge in [0, 0.05) is 24.3 Å². The number of nitrogens with zero attached hydrogens (tertiary/aromatic N) is 3. The summed E-state index contributed by atoms with van der Waals surface area (Å²) >= 11 is 6.03. The van der Waals surface area contributed by atoms with Crippen LogP contribution in [0, 0.1) is 5.92 Å². The molecule has 1 aromatic heterocycles. The van der Waals surface area contributed by atoms with Crippen LogP contribution >= 0.6 is 11.6 Å². The summed E-state index contributed by atoms with van der Waals surface area (Å²) in [6.07, 6.45) is 3.91. The minimum atomic E-state index is -0.102. The average Bonchev–Trinajstić information content (AvgIpc) is 3.25. The summed E-state index contributed by atoms with van der Waals surface area (Å²) in [5, 5.41) is 10.8. The Bertz CT molecular complexity index is 680. The van der Waals surface area contributed by atoms with Crippen LogP contribution in [0.3, 0.4) is 0 Å². The zero-order valence-electron chi connectivity index (χ0n) is 12.3. The Morgan fingerprint density at radius 3 is 2.95 bits per heavy atom. The molecular weight excluding hydrogens is 302 g/mol. The SMILES string of the molecule is Cn1ncnc1CNc1ccc(Cl)cc1C(=O)NCC1CC1. The van der Waals surface area contributed by atoms with Crippen LogP contribution in [-0.4, -0.2) is 27.2 Å². The van der Waals surface area contributed by atoms with E-state index >= 15 is 0 Å². The second-order valence-electron chi connectivity index (χ2n) is 5.50. The third-order valence-electron chi connectivity index (χ3n) is 3.72. The maximum absolute atomic E-state index is 12.3. The van der Waals surface area contributed by atoms with Gasteiger partial charge in [0.2, 0.25) is 0 Å². The average molecular weight is 320 g/mol. The highest BCUT2D eigenvalue weighted by Crippen LogP contribution is 2.28. The predicted molar refractivity (Wildman–Crippen MR) is 84.8 cm³/mol. The number of aryl methyl sites for hydroxylation is 1. The molecule has 2 N–H and O–H groups in total. The maximum Gasteiger partial charge on any atom is 0.253 e. The molecule has 0 aliphatic heterocycles. The summed E-state index contributed by atoms with van der Waals surface area (Å²) in [6.45, 7) is 1.22. The third-order valence-corrected chi connectivity index (χ3v) is 3.95. The molecule has 0 bridgehead atoms. The molecule has 6 nitrogen and oxygen atoms in total. The number of rotatable bonds is 6. The van der Waals surface area contributed by atoms with Gasteiger partial charge >= 0.3 is 0 Å². The van der Waals surface area contributed by atoms with Crippen molar-refractivity contribution in [3.05, 3.63) is 40.9 Å². The van der Waals surface area contributed by atoms with Crippen LogP contribution in [0.2, 0.25) is 5.02 Å². The Labute approximate surface area is 133 Å². The van der Waals surface area contributed by atoms with E-state index in [4.69, 9.17) is 11.6 Å². The second kappa shape index (κ2) is 6.36. The van der Waals surface area contributed by atoms with Crippen LogP contribution in [0.4, 0.5) is 5.69 Å². The van der Waals surface area contributed by atoms with Crippen molar-refractivity contribution in [2.45, 2.75) is 19.4 Å². The number of hydrogen-bond donors (Lipinski definition) is 2. The first-order chi connectivity index (χ1) is 10.6. The molecule has 22 heavy (non-hydrogen) atoms. The molecular formula is C15H18ClN5O. The number of benzene rings is 1. The van der Waals surface area contributed by atoms with Gasteiger partial charge in [-0.1, -0.05) is 11.6 Å². The van der Waals surface area contributed by atoms with Crippen LogP contribution in [0.15, 0.2) is 24.5 Å². The van der Waals surface area contributed by atoms with Crippen molar-refractivity contribution in [3.63, 3.8) is 0 Å². The number of aromatic nitrogens is 3. The number of nitrogens with one attached hydrogen (secondary N) is 2. The lowest BCUT2D eigenvalue weighted by molar-refractivity contribution is 0.0952. The molecule has 1 aliphatic carbocycles. The quantitative estimate of drug-likeness (QED) is 0.856. The van der Waals surface area contributed by atoms with Crippen molar-refractivity contribution in [1.29, 1.82) is 0 Å². The van der Waals surface area contributed by atoms with Crippen LogP contribution in [0.5, 0.6) is 0 Å². The van der Waals surface area contributed by atoms with E-state index < -0.39 is 0 Å². The lowest BCUT2D eigenvalue weighted by Crippen LogP contribution is -2.26. The van der Waals surface area contributed by atoms with Crippen LogP contribution in [0.25, 0.3) is 0 Å². The summed E-state index contributed by atoms with van der Waals surface area (Å²) in [5.41, 5.74) is 1.29. The molecule has 2 aromatic rings. The molecule has 1 aromatic carbocycles. The summed E-state index contributed by atoms with van der Waals surface area (Å²) in [7, 11) is 1.83. The van der Waals surface area contributed by atoms with Gasteiger partial charge in [-0.25, -0.2) is 4.98 Å². The van der Waals surface area contributed by atoms with Crippen molar-refractivity contribution in [2.75, 3.05) is 11.9 Å². The summed E-state index contributed by atoms with van der Waals surface area (Å²) in [4.78, 5) is 16.5. The third kappa shape index (κ3) is 3.57. The second-order valence-corrected chi connectivity index (χ2v) is 5.93. The molecule has 0 radical (unpaired) electrons. The van der Waals surface area contributed by atoms with E-state index in [0.29, 0.717) is 23.0 Å². The zero-order chi connectivity index (χ0) is 15.5. The Morgan fingerprint density at radius 2 is 2.27 bits per heavy atom. The fourth-order valence-electron chi connectivity index (χ4n) is 2.17. The Balaban J connectivity index is 1.71. The van der Waals surface area contributed by atoms with E-state index in [0.717, 1.165) is 18.1 Å². The molecule has 1 fully saturated rings. The van der Waals surface area contributed by atoms with E-state index in [2.05, 4.69) is 20.7 Å². The molecule has 0 saturated heterocycles. The van der Waals surface area contributed by atoms with Gasteiger partial charge in [0.05, 0.1) is 12.1 Å². The highest BCUT2D eigenvalue weighted by atomic mass is 35.5. The number of hydrogen-bond acceptors (Lipinski definition) is 4. The van der Waals surface area contributed by atoms with Crippen molar-refractivity contribution in [3.8, 4) is 0 Å². The number of amides is 1. The van der Waals surface area contributed by atoms with Crippen molar-refractivity contribution in [2.24, 2.45) is 13.0 Å². The van der Waals surface area contributed by atoms with Gasteiger partial charge < -0.3 is 10.6 Å². The summed E-state index contributed by atoms with van der Waals surface area (Å²) in [6, 6.07) is 5.26. The lowest BCUT2D eigenvalue weighted by Gasteiger charge is -2.12. The summed E-state index contributed by atoms with van der Waals surface area (Å²) in [5.74, 6) is 1.33. The van der Waals surface area contributed by atoms with Crippen LogP contribution < -0.4 is 10.6 Å². The molecule has 0 spiro atoms. The molecule has 1 amide bonds. The molecule has 0 unspecified atom stereocenters. The van der Waals surface area contributed by atoms with Gasteiger partial charge in [0.1, 0.15) is 12.2 Å². The Hall–Kier alpha value is -2.08. The largest absolute Gasteiger partial charge is 0.377 e. The first kappa shape index (κ1) is 14.8. The fourth-order valence-corrected chi connectivity index (χ4v) is 2.34. The van der Waals surface area contributed by atoms with Gasteiger partial charge in [0.25, 0.3) is 5.91 Å². The van der Waals surface area contributed by atoms with E-state index in [1.54, 1.807) is 16.8 Å². The normalized spacial score (nSPS) is 13.9. The highest BCUT2D eigenvalue weighted by molar-refractivity contribution is 6.31. The van der Waals surface area contributed by atoms with E-state index in [9.17, 15) is 4.79 Å². The van der Waals surface area contributed by atoms with Gasteiger partial charge in [-0.3, -0.25) is 9.48 Å². The van der Waals surface area contributed by atoms with Crippen LogP contribution in [-0.2, 0) is 13.6 Å².